The van der Waals surface area contributed by atoms with Gasteiger partial charge in [0.05, 0.1) is 18.1 Å². The molecule has 1 aromatic heterocycles. The Kier molecular flexibility index (Phi) is 5.79. The molecule has 0 spiro atoms. The molecule has 1 rings (SSSR count). The summed E-state index contributed by atoms with van der Waals surface area (Å²) in [4.78, 5) is 18.0. The van der Waals surface area contributed by atoms with E-state index in [1.807, 2.05) is 13.8 Å². The predicted octanol–water partition coefficient (Wildman–Crippen LogP) is 2.86. The molecule has 0 saturated carbocycles. The average molecular weight is 310 g/mol. The zero-order valence-corrected chi connectivity index (χ0v) is 12.1. The molecular formula is C13H16BrN3O. The van der Waals surface area contributed by atoms with Crippen molar-refractivity contribution in [3.8, 4) is 6.07 Å². The largest absolute Gasteiger partial charge is 0.337 e. The smallest absolute Gasteiger partial charge is 0.255 e. The monoisotopic (exact) mass is 309 g/mol. The normalized spacial score (nSPS) is 10.2. The van der Waals surface area contributed by atoms with Crippen LogP contribution in [0.15, 0.2) is 22.9 Å². The Labute approximate surface area is 116 Å². The summed E-state index contributed by atoms with van der Waals surface area (Å²) in [7, 11) is 0. The average Bonchev–Trinajstić information content (AvgIpc) is 2.34. The van der Waals surface area contributed by atoms with Crippen molar-refractivity contribution in [2.24, 2.45) is 5.92 Å². The van der Waals surface area contributed by atoms with Crippen LogP contribution in [-0.4, -0.2) is 28.9 Å². The Hall–Kier alpha value is -1.41. The zero-order chi connectivity index (χ0) is 13.5. The van der Waals surface area contributed by atoms with E-state index in [0.717, 1.165) is 0 Å². The third-order valence-electron chi connectivity index (χ3n) is 2.34. The van der Waals surface area contributed by atoms with Crippen molar-refractivity contribution in [3.05, 3.63) is 28.5 Å². The molecule has 0 aliphatic rings. The summed E-state index contributed by atoms with van der Waals surface area (Å²) in [5.41, 5.74) is 0.553. The quantitative estimate of drug-likeness (QED) is 0.786. The molecule has 1 amide bonds. The Morgan fingerprint density at radius 3 is 2.78 bits per heavy atom. The molecule has 0 aliphatic carbocycles. The summed E-state index contributed by atoms with van der Waals surface area (Å²) in [6, 6.07) is 5.55. The number of nitrogens with zero attached hydrogens (tertiary/aromatic N) is 3. The molecule has 0 N–H and O–H groups in total. The van der Waals surface area contributed by atoms with Crippen molar-refractivity contribution in [2.45, 2.75) is 20.3 Å². The van der Waals surface area contributed by atoms with Gasteiger partial charge in [0.15, 0.2) is 0 Å². The second-order valence-electron chi connectivity index (χ2n) is 4.42. The Morgan fingerprint density at radius 2 is 2.28 bits per heavy atom. The highest BCUT2D eigenvalue weighted by Gasteiger charge is 2.16. The maximum atomic E-state index is 12.3. The van der Waals surface area contributed by atoms with Crippen molar-refractivity contribution >= 4 is 21.8 Å². The number of aromatic nitrogens is 1. The van der Waals surface area contributed by atoms with E-state index in [2.05, 4.69) is 27.0 Å². The second kappa shape index (κ2) is 7.12. The van der Waals surface area contributed by atoms with Crippen LogP contribution in [0.3, 0.4) is 0 Å². The number of pyridine rings is 1. The van der Waals surface area contributed by atoms with Gasteiger partial charge in [-0.2, -0.15) is 5.26 Å². The van der Waals surface area contributed by atoms with Gasteiger partial charge in [-0.05, 0) is 34.0 Å². The molecule has 0 aliphatic heterocycles. The summed E-state index contributed by atoms with van der Waals surface area (Å²) >= 11 is 3.23. The van der Waals surface area contributed by atoms with E-state index in [1.165, 1.54) is 0 Å². The van der Waals surface area contributed by atoms with Crippen LogP contribution in [-0.2, 0) is 0 Å². The molecule has 5 heteroatoms. The molecule has 0 unspecified atom stereocenters. The zero-order valence-electron chi connectivity index (χ0n) is 10.6. The topological polar surface area (TPSA) is 57.0 Å². The Bertz CT molecular complexity index is 437. The SMILES string of the molecule is CC(C)CN(CCC#N)C(=O)c1ccc(Br)nc1. The van der Waals surface area contributed by atoms with E-state index < -0.39 is 0 Å². The Balaban J connectivity index is 2.81. The number of halogens is 1. The first-order valence-corrected chi connectivity index (χ1v) is 6.61. The lowest BCUT2D eigenvalue weighted by Gasteiger charge is -2.23. The maximum Gasteiger partial charge on any atom is 0.255 e. The number of hydrogen-bond acceptors (Lipinski definition) is 3. The van der Waals surface area contributed by atoms with E-state index in [0.29, 0.717) is 35.6 Å². The van der Waals surface area contributed by atoms with Gasteiger partial charge >= 0.3 is 0 Å². The maximum absolute atomic E-state index is 12.3. The van der Waals surface area contributed by atoms with E-state index in [-0.39, 0.29) is 5.91 Å². The van der Waals surface area contributed by atoms with Crippen LogP contribution < -0.4 is 0 Å². The summed E-state index contributed by atoms with van der Waals surface area (Å²) in [5, 5.41) is 8.63. The van der Waals surface area contributed by atoms with E-state index in [1.54, 1.807) is 23.2 Å². The summed E-state index contributed by atoms with van der Waals surface area (Å²) in [6.45, 7) is 5.21. The van der Waals surface area contributed by atoms with Gasteiger partial charge in [-0.1, -0.05) is 13.8 Å². The fraction of sp³-hybridized carbons (Fsp3) is 0.462. The molecule has 4 nitrogen and oxygen atoms in total. The van der Waals surface area contributed by atoms with Crippen LogP contribution >= 0.6 is 15.9 Å². The molecule has 1 aromatic rings. The fourth-order valence-electron chi connectivity index (χ4n) is 1.59. The van der Waals surface area contributed by atoms with Crippen LogP contribution in [0.4, 0.5) is 0 Å². The van der Waals surface area contributed by atoms with Gasteiger partial charge in [0.1, 0.15) is 4.60 Å². The molecule has 96 valence electrons. The first-order chi connectivity index (χ1) is 8.54. The van der Waals surface area contributed by atoms with E-state index in [4.69, 9.17) is 5.26 Å². The van der Waals surface area contributed by atoms with Crippen LogP contribution in [0, 0.1) is 17.2 Å². The standard InChI is InChI=1S/C13H16BrN3O/c1-10(2)9-17(7-3-6-15)13(18)11-4-5-12(14)16-8-11/h4-5,8,10H,3,7,9H2,1-2H3. The highest BCUT2D eigenvalue weighted by molar-refractivity contribution is 9.10. The summed E-state index contributed by atoms with van der Waals surface area (Å²) < 4.78 is 0.700. The molecule has 0 aromatic carbocycles. The molecule has 0 radical (unpaired) electrons. The number of amides is 1. The minimum atomic E-state index is -0.0704. The van der Waals surface area contributed by atoms with Gasteiger partial charge in [-0.3, -0.25) is 4.79 Å². The lowest BCUT2D eigenvalue weighted by molar-refractivity contribution is 0.0739. The van der Waals surface area contributed by atoms with Crippen molar-refractivity contribution < 1.29 is 4.79 Å². The number of carbonyl (C=O) groups excluding carboxylic acids is 1. The highest BCUT2D eigenvalue weighted by atomic mass is 79.9. The van der Waals surface area contributed by atoms with Crippen LogP contribution in [0.2, 0.25) is 0 Å². The van der Waals surface area contributed by atoms with Crippen molar-refractivity contribution in [1.29, 1.82) is 5.26 Å². The van der Waals surface area contributed by atoms with Crippen LogP contribution in [0.5, 0.6) is 0 Å². The molecule has 0 fully saturated rings. The van der Waals surface area contributed by atoms with Gasteiger partial charge in [-0.25, -0.2) is 4.98 Å². The number of carbonyl (C=O) groups is 1. The van der Waals surface area contributed by atoms with E-state index >= 15 is 0 Å². The lowest BCUT2D eigenvalue weighted by atomic mass is 10.1. The van der Waals surface area contributed by atoms with Crippen LogP contribution in [0.25, 0.3) is 0 Å². The van der Waals surface area contributed by atoms with Gasteiger partial charge in [0.25, 0.3) is 5.91 Å². The van der Waals surface area contributed by atoms with E-state index in [9.17, 15) is 4.79 Å². The molecule has 0 bridgehead atoms. The molecule has 18 heavy (non-hydrogen) atoms. The summed E-state index contributed by atoms with van der Waals surface area (Å²) in [5.74, 6) is 0.301. The van der Waals surface area contributed by atoms with Gasteiger partial charge in [0, 0.05) is 19.3 Å². The predicted molar refractivity (Wildman–Crippen MR) is 72.9 cm³/mol. The fourth-order valence-corrected chi connectivity index (χ4v) is 1.82. The van der Waals surface area contributed by atoms with Gasteiger partial charge < -0.3 is 4.90 Å². The Morgan fingerprint density at radius 1 is 1.56 bits per heavy atom. The first kappa shape index (κ1) is 14.7. The third kappa shape index (κ3) is 4.46. The molecular weight excluding hydrogens is 294 g/mol. The van der Waals surface area contributed by atoms with Gasteiger partial charge in [0.2, 0.25) is 0 Å². The van der Waals surface area contributed by atoms with Crippen molar-refractivity contribution in [2.75, 3.05) is 13.1 Å². The van der Waals surface area contributed by atoms with Crippen molar-refractivity contribution in [1.82, 2.24) is 9.88 Å². The lowest BCUT2D eigenvalue weighted by Crippen LogP contribution is -2.35. The highest BCUT2D eigenvalue weighted by Crippen LogP contribution is 2.10. The van der Waals surface area contributed by atoms with Gasteiger partial charge in [-0.15, -0.1) is 0 Å². The minimum Gasteiger partial charge on any atom is -0.337 e. The first-order valence-electron chi connectivity index (χ1n) is 5.82. The van der Waals surface area contributed by atoms with Crippen LogP contribution in [0.1, 0.15) is 30.6 Å². The molecule has 0 atom stereocenters. The number of hydrogen-bond donors (Lipinski definition) is 0. The molecule has 0 saturated heterocycles. The number of rotatable bonds is 5. The molecule has 1 heterocycles. The number of nitriles is 1. The van der Waals surface area contributed by atoms with Crippen molar-refractivity contribution in [3.63, 3.8) is 0 Å². The third-order valence-corrected chi connectivity index (χ3v) is 2.81. The minimum absolute atomic E-state index is 0.0704. The second-order valence-corrected chi connectivity index (χ2v) is 5.24. The summed E-state index contributed by atoms with van der Waals surface area (Å²) in [6.07, 6.45) is 1.90.